The zero-order valence-electron chi connectivity index (χ0n) is 10.6. The minimum Gasteiger partial charge on any atom is -0.384 e. The number of aromatic nitrogens is 1. The summed E-state index contributed by atoms with van der Waals surface area (Å²) in [5.41, 5.74) is 13.3. The number of hydrogen-bond acceptors (Lipinski definition) is 5. The Hall–Kier alpha value is -1.17. The van der Waals surface area contributed by atoms with Gasteiger partial charge < -0.3 is 11.5 Å². The van der Waals surface area contributed by atoms with E-state index in [4.69, 9.17) is 11.5 Å². The van der Waals surface area contributed by atoms with Crippen molar-refractivity contribution >= 4 is 5.82 Å². The van der Waals surface area contributed by atoms with Crippen molar-refractivity contribution in [2.24, 2.45) is 5.73 Å². The fourth-order valence-corrected chi connectivity index (χ4v) is 3.09. The van der Waals surface area contributed by atoms with Crippen molar-refractivity contribution in [1.29, 1.82) is 0 Å². The largest absolute Gasteiger partial charge is 0.384 e. The van der Waals surface area contributed by atoms with Crippen LogP contribution in [0.1, 0.15) is 5.56 Å². The number of nitrogens with two attached hydrogens (primary N) is 2. The van der Waals surface area contributed by atoms with Gasteiger partial charge in [-0.1, -0.05) is 0 Å². The number of pyridine rings is 1. The zero-order chi connectivity index (χ0) is 12.5. The number of nitrogens with zero attached hydrogens (tertiary/aromatic N) is 3. The minimum absolute atomic E-state index is 0.176. The lowest BCUT2D eigenvalue weighted by atomic mass is 9.95. The summed E-state index contributed by atoms with van der Waals surface area (Å²) in [5, 5.41) is 0. The lowest BCUT2D eigenvalue weighted by molar-refractivity contribution is 0.00258. The molecular formula is C13H21N5. The first-order valence-corrected chi connectivity index (χ1v) is 6.65. The lowest BCUT2D eigenvalue weighted by Crippen LogP contribution is -2.66. The van der Waals surface area contributed by atoms with Crippen LogP contribution in [-0.4, -0.2) is 59.6 Å². The molecule has 0 aliphatic carbocycles. The Morgan fingerprint density at radius 3 is 2.72 bits per heavy atom. The molecule has 5 nitrogen and oxygen atoms in total. The molecule has 4 heterocycles. The first kappa shape index (κ1) is 11.9. The van der Waals surface area contributed by atoms with E-state index in [-0.39, 0.29) is 6.04 Å². The highest BCUT2D eigenvalue weighted by Gasteiger charge is 2.35. The van der Waals surface area contributed by atoms with Crippen LogP contribution in [0.2, 0.25) is 0 Å². The summed E-state index contributed by atoms with van der Waals surface area (Å²) < 4.78 is 0. The Morgan fingerprint density at radius 2 is 2.11 bits per heavy atom. The van der Waals surface area contributed by atoms with Gasteiger partial charge in [0.2, 0.25) is 0 Å². The summed E-state index contributed by atoms with van der Waals surface area (Å²) in [6.07, 6.45) is 2.63. The van der Waals surface area contributed by atoms with Gasteiger partial charge in [0, 0.05) is 51.0 Å². The smallest absolute Gasteiger partial charge is 0.123 e. The van der Waals surface area contributed by atoms with Crippen LogP contribution < -0.4 is 11.5 Å². The van der Waals surface area contributed by atoms with E-state index in [0.717, 1.165) is 26.1 Å². The number of piperazine rings is 3. The maximum Gasteiger partial charge on any atom is 0.123 e. The van der Waals surface area contributed by atoms with Gasteiger partial charge in [-0.3, -0.25) is 9.80 Å². The van der Waals surface area contributed by atoms with Crippen molar-refractivity contribution in [3.8, 4) is 0 Å². The van der Waals surface area contributed by atoms with E-state index >= 15 is 0 Å². The van der Waals surface area contributed by atoms with Crippen molar-refractivity contribution in [3.63, 3.8) is 0 Å². The minimum atomic E-state index is 0.176. The van der Waals surface area contributed by atoms with Crippen LogP contribution in [0.5, 0.6) is 0 Å². The van der Waals surface area contributed by atoms with Crippen molar-refractivity contribution in [2.75, 3.05) is 38.5 Å². The van der Waals surface area contributed by atoms with E-state index < -0.39 is 0 Å². The van der Waals surface area contributed by atoms with Crippen LogP contribution >= 0.6 is 0 Å². The molecule has 0 saturated carbocycles. The number of hydrogen-bond donors (Lipinski definition) is 2. The molecule has 1 aromatic heterocycles. The van der Waals surface area contributed by atoms with E-state index in [1.54, 1.807) is 6.20 Å². The highest BCUT2D eigenvalue weighted by Crippen LogP contribution is 2.19. The molecule has 0 amide bonds. The van der Waals surface area contributed by atoms with E-state index in [1.807, 2.05) is 12.1 Å². The van der Waals surface area contributed by atoms with E-state index in [1.165, 1.54) is 18.7 Å². The third-order valence-electron chi connectivity index (χ3n) is 4.13. The number of nitrogen functional groups attached to an aromatic ring is 1. The van der Waals surface area contributed by atoms with Crippen LogP contribution in [0.3, 0.4) is 0 Å². The molecule has 2 unspecified atom stereocenters. The van der Waals surface area contributed by atoms with Crippen molar-refractivity contribution in [3.05, 3.63) is 23.9 Å². The summed E-state index contributed by atoms with van der Waals surface area (Å²) in [7, 11) is 0. The molecule has 2 bridgehead atoms. The second kappa shape index (κ2) is 4.84. The first-order valence-electron chi connectivity index (χ1n) is 6.65. The number of rotatable bonds is 3. The molecule has 4 N–H and O–H groups in total. The van der Waals surface area contributed by atoms with Crippen LogP contribution in [0.25, 0.3) is 0 Å². The van der Waals surface area contributed by atoms with E-state index in [2.05, 4.69) is 14.8 Å². The maximum atomic E-state index is 6.39. The average Bonchev–Trinajstić information content (AvgIpc) is 2.40. The Bertz CT molecular complexity index is 414. The second-order valence-electron chi connectivity index (χ2n) is 5.36. The third-order valence-corrected chi connectivity index (χ3v) is 4.13. The monoisotopic (exact) mass is 247 g/mol. The molecule has 18 heavy (non-hydrogen) atoms. The van der Waals surface area contributed by atoms with Crippen molar-refractivity contribution < 1.29 is 0 Å². The standard InChI is InChI=1S/C13H21N5/c14-11(7-10-1-2-16-13(15)8-10)12-9-17-3-5-18(12)6-4-17/h1-2,8,11-12H,3-7,9,14H2,(H2,15,16). The summed E-state index contributed by atoms with van der Waals surface area (Å²) in [6.45, 7) is 5.84. The summed E-state index contributed by atoms with van der Waals surface area (Å²) in [6, 6.07) is 4.60. The van der Waals surface area contributed by atoms with Crippen molar-refractivity contribution in [2.45, 2.75) is 18.5 Å². The number of fused-ring (bicyclic) bond motifs is 3. The molecule has 0 aromatic carbocycles. The van der Waals surface area contributed by atoms with Crippen LogP contribution in [0.4, 0.5) is 5.82 Å². The van der Waals surface area contributed by atoms with E-state index in [0.29, 0.717) is 11.9 Å². The first-order chi connectivity index (χ1) is 8.72. The predicted octanol–water partition coefficient (Wildman–Crippen LogP) is -0.467. The van der Waals surface area contributed by atoms with Gasteiger partial charge in [-0.2, -0.15) is 0 Å². The summed E-state index contributed by atoms with van der Waals surface area (Å²) in [4.78, 5) is 9.07. The predicted molar refractivity (Wildman–Crippen MR) is 72.1 cm³/mol. The van der Waals surface area contributed by atoms with Gasteiger partial charge in [-0.05, 0) is 24.1 Å². The Labute approximate surface area is 108 Å². The van der Waals surface area contributed by atoms with Gasteiger partial charge in [0.1, 0.15) is 5.82 Å². The molecule has 1 aromatic rings. The van der Waals surface area contributed by atoms with Crippen LogP contribution in [0, 0.1) is 0 Å². The molecule has 0 spiro atoms. The highest BCUT2D eigenvalue weighted by molar-refractivity contribution is 5.32. The fraction of sp³-hybridized carbons (Fsp3) is 0.615. The van der Waals surface area contributed by atoms with Gasteiger partial charge in [-0.15, -0.1) is 0 Å². The molecule has 3 saturated heterocycles. The molecule has 3 aliphatic heterocycles. The lowest BCUT2D eigenvalue weighted by Gasteiger charge is -2.49. The van der Waals surface area contributed by atoms with Gasteiger partial charge in [0.15, 0.2) is 0 Å². The second-order valence-corrected chi connectivity index (χ2v) is 5.36. The SMILES string of the molecule is Nc1cc(CC(N)C2CN3CCN2CC3)ccn1. The Kier molecular flexibility index (Phi) is 3.20. The zero-order valence-corrected chi connectivity index (χ0v) is 10.6. The van der Waals surface area contributed by atoms with E-state index in [9.17, 15) is 0 Å². The molecule has 2 atom stereocenters. The molecule has 5 heteroatoms. The molecular weight excluding hydrogens is 226 g/mol. The van der Waals surface area contributed by atoms with Gasteiger partial charge >= 0.3 is 0 Å². The topological polar surface area (TPSA) is 71.4 Å². The summed E-state index contributed by atoms with van der Waals surface area (Å²) in [5.74, 6) is 0.578. The molecule has 3 aliphatic rings. The quantitative estimate of drug-likeness (QED) is 0.756. The highest BCUT2D eigenvalue weighted by atomic mass is 15.3. The Balaban J connectivity index is 1.66. The number of anilines is 1. The van der Waals surface area contributed by atoms with Gasteiger partial charge in [-0.25, -0.2) is 4.98 Å². The van der Waals surface area contributed by atoms with Crippen LogP contribution in [0.15, 0.2) is 18.3 Å². The summed E-state index contributed by atoms with van der Waals surface area (Å²) >= 11 is 0. The fourth-order valence-electron chi connectivity index (χ4n) is 3.09. The normalized spacial score (nSPS) is 32.4. The molecule has 4 rings (SSSR count). The van der Waals surface area contributed by atoms with Crippen molar-refractivity contribution in [1.82, 2.24) is 14.8 Å². The molecule has 98 valence electrons. The average molecular weight is 247 g/mol. The molecule has 3 fully saturated rings. The maximum absolute atomic E-state index is 6.39. The Morgan fingerprint density at radius 1 is 1.33 bits per heavy atom. The van der Waals surface area contributed by atoms with Crippen LogP contribution in [-0.2, 0) is 6.42 Å². The molecule has 0 radical (unpaired) electrons. The third kappa shape index (κ3) is 2.34. The van der Waals surface area contributed by atoms with Gasteiger partial charge in [0.05, 0.1) is 0 Å². The van der Waals surface area contributed by atoms with Gasteiger partial charge in [0.25, 0.3) is 0 Å².